The zero-order valence-corrected chi connectivity index (χ0v) is 12.1. The van der Waals surface area contributed by atoms with Crippen molar-refractivity contribution in [1.82, 2.24) is 15.1 Å². The van der Waals surface area contributed by atoms with Crippen molar-refractivity contribution in [2.45, 2.75) is 13.3 Å². The van der Waals surface area contributed by atoms with E-state index in [0.717, 1.165) is 11.4 Å². The van der Waals surface area contributed by atoms with E-state index in [1.54, 1.807) is 13.1 Å². The zero-order valence-electron chi connectivity index (χ0n) is 12.1. The van der Waals surface area contributed by atoms with Crippen LogP contribution in [0.1, 0.15) is 22.6 Å². The van der Waals surface area contributed by atoms with Gasteiger partial charge in [-0.2, -0.15) is 5.10 Å². The van der Waals surface area contributed by atoms with Crippen LogP contribution in [0.25, 0.3) is 0 Å². The lowest BCUT2D eigenvalue weighted by Gasteiger charge is -2.06. The molecule has 0 radical (unpaired) electrons. The van der Waals surface area contributed by atoms with Gasteiger partial charge in [0.05, 0.1) is 5.69 Å². The molecule has 6 nitrogen and oxygen atoms in total. The summed E-state index contributed by atoms with van der Waals surface area (Å²) in [6, 6.07) is 10.9. The number of carbonyl (C=O) groups excluding carboxylic acids is 2. The molecule has 1 aromatic carbocycles. The minimum Gasteiger partial charge on any atom is -0.350 e. The van der Waals surface area contributed by atoms with E-state index in [2.05, 4.69) is 15.7 Å². The number of hydrogen-bond donors (Lipinski definition) is 2. The standard InChI is InChI=1S/C15H18N4O2/c1-11-10-13(19(2)18-11)15(21)16-9-8-14(20)17-12-6-4-3-5-7-12/h3-7,10H,8-9H2,1-2H3,(H,16,21)(H,17,20). The normalized spacial score (nSPS) is 10.2. The molecule has 0 fully saturated rings. The van der Waals surface area contributed by atoms with Gasteiger partial charge in [0, 0.05) is 25.7 Å². The Morgan fingerprint density at radius 3 is 2.57 bits per heavy atom. The molecule has 1 heterocycles. The highest BCUT2D eigenvalue weighted by Crippen LogP contribution is 2.05. The van der Waals surface area contributed by atoms with Gasteiger partial charge in [0.15, 0.2) is 0 Å². The van der Waals surface area contributed by atoms with E-state index in [1.807, 2.05) is 37.3 Å². The second kappa shape index (κ2) is 6.69. The summed E-state index contributed by atoms with van der Waals surface area (Å²) in [5, 5.41) is 9.58. The molecule has 0 unspecified atom stereocenters. The van der Waals surface area contributed by atoms with Crippen LogP contribution in [-0.2, 0) is 11.8 Å². The van der Waals surface area contributed by atoms with Crippen molar-refractivity contribution in [1.29, 1.82) is 0 Å². The zero-order chi connectivity index (χ0) is 15.2. The van der Waals surface area contributed by atoms with Crippen LogP contribution in [0.5, 0.6) is 0 Å². The molecule has 2 amide bonds. The molecule has 0 aliphatic carbocycles. The SMILES string of the molecule is Cc1cc(C(=O)NCCC(=O)Nc2ccccc2)n(C)n1. The van der Waals surface area contributed by atoms with E-state index in [4.69, 9.17) is 0 Å². The van der Waals surface area contributed by atoms with E-state index in [-0.39, 0.29) is 24.8 Å². The molecule has 0 saturated carbocycles. The van der Waals surface area contributed by atoms with Crippen LogP contribution >= 0.6 is 0 Å². The number of aromatic nitrogens is 2. The maximum absolute atomic E-state index is 11.9. The Morgan fingerprint density at radius 1 is 1.24 bits per heavy atom. The number of aryl methyl sites for hydroxylation is 2. The summed E-state index contributed by atoms with van der Waals surface area (Å²) < 4.78 is 1.52. The Labute approximate surface area is 123 Å². The van der Waals surface area contributed by atoms with Gasteiger partial charge in [0.25, 0.3) is 5.91 Å². The first-order chi connectivity index (χ1) is 10.1. The van der Waals surface area contributed by atoms with Gasteiger partial charge in [-0.25, -0.2) is 0 Å². The fourth-order valence-corrected chi connectivity index (χ4v) is 1.95. The first-order valence-corrected chi connectivity index (χ1v) is 6.70. The molecule has 6 heteroatoms. The lowest BCUT2D eigenvalue weighted by Crippen LogP contribution is -2.29. The molecule has 0 bridgehead atoms. The molecule has 2 rings (SSSR count). The number of hydrogen-bond acceptors (Lipinski definition) is 3. The molecule has 0 atom stereocenters. The summed E-state index contributed by atoms with van der Waals surface area (Å²) in [4.78, 5) is 23.6. The van der Waals surface area contributed by atoms with Crippen LogP contribution in [0, 0.1) is 6.92 Å². The first-order valence-electron chi connectivity index (χ1n) is 6.70. The van der Waals surface area contributed by atoms with E-state index in [9.17, 15) is 9.59 Å². The largest absolute Gasteiger partial charge is 0.350 e. The molecule has 1 aromatic heterocycles. The smallest absolute Gasteiger partial charge is 0.269 e. The average molecular weight is 286 g/mol. The fourth-order valence-electron chi connectivity index (χ4n) is 1.95. The summed E-state index contributed by atoms with van der Waals surface area (Å²) in [5.41, 5.74) is 2.01. The molecule has 0 spiro atoms. The van der Waals surface area contributed by atoms with Crippen LogP contribution in [0.2, 0.25) is 0 Å². The first kappa shape index (κ1) is 14.8. The highest BCUT2D eigenvalue weighted by Gasteiger charge is 2.11. The number of carbonyl (C=O) groups is 2. The van der Waals surface area contributed by atoms with Gasteiger partial charge in [0.1, 0.15) is 5.69 Å². The van der Waals surface area contributed by atoms with Crippen LogP contribution in [-0.4, -0.2) is 28.1 Å². The summed E-state index contributed by atoms with van der Waals surface area (Å²) in [6.45, 7) is 2.10. The minimum atomic E-state index is -0.231. The molecular weight excluding hydrogens is 268 g/mol. The van der Waals surface area contributed by atoms with Gasteiger partial charge >= 0.3 is 0 Å². The Hall–Kier alpha value is -2.63. The number of benzene rings is 1. The molecule has 0 saturated heterocycles. The highest BCUT2D eigenvalue weighted by atomic mass is 16.2. The second-order valence-electron chi connectivity index (χ2n) is 4.71. The average Bonchev–Trinajstić information content (AvgIpc) is 2.79. The predicted molar refractivity (Wildman–Crippen MR) is 80.0 cm³/mol. The molecule has 0 aliphatic heterocycles. The maximum atomic E-state index is 11.9. The summed E-state index contributed by atoms with van der Waals surface area (Å²) in [5.74, 6) is -0.367. The van der Waals surface area contributed by atoms with E-state index in [0.29, 0.717) is 5.69 Å². The number of nitrogens with one attached hydrogen (secondary N) is 2. The quantitative estimate of drug-likeness (QED) is 0.874. The molecule has 21 heavy (non-hydrogen) atoms. The molecule has 2 N–H and O–H groups in total. The van der Waals surface area contributed by atoms with Crippen molar-refractivity contribution in [3.05, 3.63) is 47.8 Å². The third-order valence-corrected chi connectivity index (χ3v) is 2.93. The monoisotopic (exact) mass is 286 g/mol. The number of rotatable bonds is 5. The van der Waals surface area contributed by atoms with Gasteiger partial charge < -0.3 is 10.6 Å². The van der Waals surface area contributed by atoms with Gasteiger partial charge in [-0.05, 0) is 25.1 Å². The lowest BCUT2D eigenvalue weighted by atomic mass is 10.3. The fraction of sp³-hybridized carbons (Fsp3) is 0.267. The van der Waals surface area contributed by atoms with Crippen molar-refractivity contribution >= 4 is 17.5 Å². The van der Waals surface area contributed by atoms with Crippen LogP contribution in [0.15, 0.2) is 36.4 Å². The van der Waals surface area contributed by atoms with Crippen molar-refractivity contribution in [3.8, 4) is 0 Å². The number of anilines is 1. The minimum absolute atomic E-state index is 0.136. The summed E-state index contributed by atoms with van der Waals surface area (Å²) >= 11 is 0. The van der Waals surface area contributed by atoms with Crippen molar-refractivity contribution in [2.75, 3.05) is 11.9 Å². The second-order valence-corrected chi connectivity index (χ2v) is 4.71. The van der Waals surface area contributed by atoms with Crippen molar-refractivity contribution in [2.24, 2.45) is 7.05 Å². The summed E-state index contributed by atoms with van der Waals surface area (Å²) in [7, 11) is 1.71. The Bertz CT molecular complexity index is 634. The lowest BCUT2D eigenvalue weighted by molar-refractivity contribution is -0.116. The Balaban J connectivity index is 1.78. The molecule has 2 aromatic rings. The summed E-state index contributed by atoms with van der Waals surface area (Å²) in [6.07, 6.45) is 0.220. The van der Waals surface area contributed by atoms with Crippen LogP contribution in [0.3, 0.4) is 0 Å². The van der Waals surface area contributed by atoms with Crippen LogP contribution < -0.4 is 10.6 Å². The van der Waals surface area contributed by atoms with E-state index < -0.39 is 0 Å². The van der Waals surface area contributed by atoms with Gasteiger partial charge in [-0.15, -0.1) is 0 Å². The van der Waals surface area contributed by atoms with Gasteiger partial charge in [0.2, 0.25) is 5.91 Å². The predicted octanol–water partition coefficient (Wildman–Crippen LogP) is 1.49. The van der Waals surface area contributed by atoms with E-state index in [1.165, 1.54) is 4.68 Å². The Kier molecular flexibility index (Phi) is 4.71. The van der Waals surface area contributed by atoms with E-state index >= 15 is 0 Å². The number of amides is 2. The third kappa shape index (κ3) is 4.17. The molecule has 0 aliphatic rings. The van der Waals surface area contributed by atoms with Crippen molar-refractivity contribution < 1.29 is 9.59 Å². The Morgan fingerprint density at radius 2 is 1.95 bits per heavy atom. The molecular formula is C15H18N4O2. The van der Waals surface area contributed by atoms with Gasteiger partial charge in [-0.1, -0.05) is 18.2 Å². The third-order valence-electron chi connectivity index (χ3n) is 2.93. The highest BCUT2D eigenvalue weighted by molar-refractivity contribution is 5.94. The number of nitrogens with zero attached hydrogens (tertiary/aromatic N) is 2. The van der Waals surface area contributed by atoms with Crippen LogP contribution in [0.4, 0.5) is 5.69 Å². The topological polar surface area (TPSA) is 76.0 Å². The maximum Gasteiger partial charge on any atom is 0.269 e. The number of para-hydroxylation sites is 1. The molecule has 110 valence electrons. The van der Waals surface area contributed by atoms with Crippen molar-refractivity contribution in [3.63, 3.8) is 0 Å². The van der Waals surface area contributed by atoms with Gasteiger partial charge in [-0.3, -0.25) is 14.3 Å².